The van der Waals surface area contributed by atoms with Gasteiger partial charge in [0.1, 0.15) is 11.8 Å². The lowest BCUT2D eigenvalue weighted by Gasteiger charge is -2.24. The van der Waals surface area contributed by atoms with Gasteiger partial charge in [-0.25, -0.2) is 4.79 Å². The molecule has 0 radical (unpaired) electrons. The first kappa shape index (κ1) is 20.4. The normalized spacial score (nSPS) is 16.4. The van der Waals surface area contributed by atoms with Gasteiger partial charge in [0.25, 0.3) is 0 Å². The van der Waals surface area contributed by atoms with Crippen LogP contribution in [0, 0.1) is 0 Å². The largest absolute Gasteiger partial charge is 0.461 e. The molecule has 2 rings (SSSR count). The van der Waals surface area contributed by atoms with Gasteiger partial charge >= 0.3 is 18.6 Å². The molecule has 6 nitrogen and oxygen atoms in total. The Balaban J connectivity index is 2.35. The Morgan fingerprint density at radius 3 is 2.42 bits per heavy atom. The Morgan fingerprint density at radius 2 is 1.88 bits per heavy atom. The van der Waals surface area contributed by atoms with Crippen LogP contribution in [0.25, 0.3) is 0 Å². The minimum atomic E-state index is -4.78. The topological polar surface area (TPSA) is 75.9 Å². The van der Waals surface area contributed by atoms with Crippen molar-refractivity contribution in [1.29, 1.82) is 0 Å². The van der Waals surface area contributed by atoms with Gasteiger partial charge in [0, 0.05) is 19.2 Å². The van der Waals surface area contributed by atoms with Crippen LogP contribution >= 0.6 is 23.2 Å². The SMILES string of the molecule is C[C@@H](C(N)=O)N1CCN(c2cc(OC(F)(F)C(F)F)c(Cl)cc2Cl)C1=O. The van der Waals surface area contributed by atoms with E-state index in [1.165, 1.54) is 6.92 Å². The molecule has 1 atom stereocenters. The number of carbonyl (C=O) groups excluding carboxylic acids is 2. The highest BCUT2D eigenvalue weighted by Crippen LogP contribution is 2.40. The monoisotopic (exact) mass is 417 g/mol. The molecule has 26 heavy (non-hydrogen) atoms. The third kappa shape index (κ3) is 3.90. The molecule has 0 aromatic heterocycles. The molecule has 1 fully saturated rings. The number of nitrogens with two attached hydrogens (primary N) is 1. The molecule has 0 bridgehead atoms. The molecule has 144 valence electrons. The number of urea groups is 1. The van der Waals surface area contributed by atoms with E-state index >= 15 is 0 Å². The van der Waals surface area contributed by atoms with Crippen LogP contribution in [0.3, 0.4) is 0 Å². The number of carbonyl (C=O) groups is 2. The predicted molar refractivity (Wildman–Crippen MR) is 86.1 cm³/mol. The number of ether oxygens (including phenoxy) is 1. The molecule has 0 aliphatic carbocycles. The zero-order valence-corrected chi connectivity index (χ0v) is 14.7. The number of hydrogen-bond acceptors (Lipinski definition) is 3. The highest BCUT2D eigenvalue weighted by atomic mass is 35.5. The van der Waals surface area contributed by atoms with Gasteiger partial charge in [0.05, 0.1) is 15.7 Å². The third-order valence-corrected chi connectivity index (χ3v) is 4.31. The van der Waals surface area contributed by atoms with Crippen LogP contribution in [0.4, 0.5) is 28.0 Å². The molecule has 1 aliphatic heterocycles. The van der Waals surface area contributed by atoms with Crippen LogP contribution in [-0.2, 0) is 4.79 Å². The summed E-state index contributed by atoms with van der Waals surface area (Å²) in [6.45, 7) is 1.60. The van der Waals surface area contributed by atoms with Gasteiger partial charge in [-0.3, -0.25) is 9.69 Å². The second-order valence-corrected chi connectivity index (χ2v) is 6.22. The molecule has 1 heterocycles. The van der Waals surface area contributed by atoms with Gasteiger partial charge in [-0.1, -0.05) is 23.2 Å². The van der Waals surface area contributed by atoms with Gasteiger partial charge in [0.15, 0.2) is 0 Å². The molecule has 2 N–H and O–H groups in total. The minimum absolute atomic E-state index is 0.0580. The Hall–Kier alpha value is -1.94. The maximum atomic E-state index is 13.2. The summed E-state index contributed by atoms with van der Waals surface area (Å²) in [5.41, 5.74) is 5.08. The molecule has 1 aromatic rings. The summed E-state index contributed by atoms with van der Waals surface area (Å²) in [4.78, 5) is 25.9. The lowest BCUT2D eigenvalue weighted by atomic mass is 10.2. The van der Waals surface area contributed by atoms with Crippen LogP contribution in [-0.4, -0.2) is 48.5 Å². The molecule has 12 heteroatoms. The van der Waals surface area contributed by atoms with E-state index in [2.05, 4.69) is 4.74 Å². The first-order valence-corrected chi connectivity index (χ1v) is 7.92. The number of primary amides is 1. The highest BCUT2D eigenvalue weighted by Gasteiger charge is 2.45. The average molecular weight is 418 g/mol. The van der Waals surface area contributed by atoms with Crippen LogP contribution in [0.15, 0.2) is 12.1 Å². The fourth-order valence-corrected chi connectivity index (χ4v) is 2.81. The van der Waals surface area contributed by atoms with Crippen molar-refractivity contribution in [3.05, 3.63) is 22.2 Å². The van der Waals surface area contributed by atoms with Gasteiger partial charge in [-0.15, -0.1) is 0 Å². The summed E-state index contributed by atoms with van der Waals surface area (Å²) in [5.74, 6) is -1.51. The van der Waals surface area contributed by atoms with Crippen molar-refractivity contribution in [2.45, 2.75) is 25.5 Å². The molecule has 3 amide bonds. The first-order chi connectivity index (χ1) is 12.0. The summed E-state index contributed by atoms with van der Waals surface area (Å²) >= 11 is 11.7. The fraction of sp³-hybridized carbons (Fsp3) is 0.429. The molecule has 1 aromatic carbocycles. The summed E-state index contributed by atoms with van der Waals surface area (Å²) in [7, 11) is 0. The van der Waals surface area contributed by atoms with E-state index in [1.807, 2.05) is 0 Å². The van der Waals surface area contributed by atoms with E-state index in [1.54, 1.807) is 0 Å². The van der Waals surface area contributed by atoms with E-state index in [9.17, 15) is 27.2 Å². The number of nitrogens with zero attached hydrogens (tertiary/aromatic N) is 2. The summed E-state index contributed by atoms with van der Waals surface area (Å²) < 4.78 is 55.0. The highest BCUT2D eigenvalue weighted by molar-refractivity contribution is 6.37. The molecule has 1 aliphatic rings. The molecule has 0 unspecified atom stereocenters. The minimum Gasteiger partial charge on any atom is -0.427 e. The number of amides is 3. The third-order valence-electron chi connectivity index (χ3n) is 3.71. The summed E-state index contributed by atoms with van der Waals surface area (Å²) in [6.07, 6.45) is -8.87. The van der Waals surface area contributed by atoms with Gasteiger partial charge in [-0.2, -0.15) is 17.6 Å². The number of alkyl halides is 4. The summed E-state index contributed by atoms with van der Waals surface area (Å²) in [5, 5.41) is -0.530. The standard InChI is InChI=1S/C14H13Cl2F4N3O3/c1-6(11(21)24)22-2-3-23(13(22)25)9-5-10(8(16)4-7(9)15)26-14(19,20)12(17)18/h4-6,12H,2-3H2,1H3,(H2,21,24)/t6-/m0/s1. The zero-order valence-electron chi connectivity index (χ0n) is 13.2. The van der Waals surface area contributed by atoms with Crippen molar-refractivity contribution in [3.63, 3.8) is 0 Å². The molecular weight excluding hydrogens is 405 g/mol. The Kier molecular flexibility index (Phi) is 5.76. The Bertz CT molecular complexity index is 736. The molecule has 1 saturated heterocycles. The second-order valence-electron chi connectivity index (χ2n) is 5.40. The number of benzene rings is 1. The van der Waals surface area contributed by atoms with Crippen LogP contribution < -0.4 is 15.4 Å². The Morgan fingerprint density at radius 1 is 1.27 bits per heavy atom. The smallest absolute Gasteiger partial charge is 0.427 e. The maximum absolute atomic E-state index is 13.2. The van der Waals surface area contributed by atoms with Crippen LogP contribution in [0.5, 0.6) is 5.75 Å². The lowest BCUT2D eigenvalue weighted by molar-refractivity contribution is -0.253. The van der Waals surface area contributed by atoms with Crippen LogP contribution in [0.1, 0.15) is 6.92 Å². The van der Waals surface area contributed by atoms with Crippen molar-refractivity contribution in [3.8, 4) is 5.75 Å². The fourth-order valence-electron chi connectivity index (χ4n) is 2.29. The van der Waals surface area contributed by atoms with Gasteiger partial charge in [-0.05, 0) is 13.0 Å². The van der Waals surface area contributed by atoms with E-state index in [-0.39, 0.29) is 23.8 Å². The van der Waals surface area contributed by atoms with E-state index in [0.717, 1.165) is 21.9 Å². The van der Waals surface area contributed by atoms with E-state index in [0.29, 0.717) is 0 Å². The van der Waals surface area contributed by atoms with Crippen molar-refractivity contribution in [2.75, 3.05) is 18.0 Å². The van der Waals surface area contributed by atoms with Gasteiger partial charge < -0.3 is 15.4 Å². The molecule has 0 spiro atoms. The van der Waals surface area contributed by atoms with Crippen molar-refractivity contribution < 1.29 is 31.9 Å². The average Bonchev–Trinajstić information content (AvgIpc) is 2.90. The van der Waals surface area contributed by atoms with Gasteiger partial charge in [0.2, 0.25) is 5.91 Å². The number of halogens is 6. The van der Waals surface area contributed by atoms with E-state index < -0.39 is 41.3 Å². The molecular formula is C14H13Cl2F4N3O3. The number of anilines is 1. The predicted octanol–water partition coefficient (Wildman–Crippen LogP) is 3.35. The van der Waals surface area contributed by atoms with Crippen molar-refractivity contribution in [1.82, 2.24) is 4.90 Å². The second kappa shape index (κ2) is 7.36. The van der Waals surface area contributed by atoms with Crippen molar-refractivity contribution >= 4 is 40.8 Å². The quantitative estimate of drug-likeness (QED) is 0.721. The number of rotatable bonds is 6. The van der Waals surface area contributed by atoms with Crippen molar-refractivity contribution in [2.24, 2.45) is 5.73 Å². The van der Waals surface area contributed by atoms with Crippen LogP contribution in [0.2, 0.25) is 10.0 Å². The zero-order chi connectivity index (χ0) is 19.8. The summed E-state index contributed by atoms with van der Waals surface area (Å²) in [6, 6.07) is 0.282. The Labute approximate surface area is 155 Å². The lowest BCUT2D eigenvalue weighted by Crippen LogP contribution is -2.45. The van der Waals surface area contributed by atoms with E-state index in [4.69, 9.17) is 28.9 Å². The number of hydrogen-bond donors (Lipinski definition) is 1. The molecule has 0 saturated carbocycles. The first-order valence-electron chi connectivity index (χ1n) is 7.17. The maximum Gasteiger partial charge on any atom is 0.461 e.